The standard InChI is InChI=1S/C28H32FN3O4/c1-27(2,16-35-3)25-24(17-9-11-28(36-4,12-10-17)26(33)34)21-14-22-18(15-30-31-22)13-23(21)32(25)20-7-5-19(29)6-8-20/h5-8,13-15,17H,9-12,16H2,1-4H3,(H,30,31)(H,33,34). The minimum absolute atomic E-state index is 0.128. The second kappa shape index (κ2) is 9.01. The molecular weight excluding hydrogens is 461 g/mol. The first kappa shape index (κ1) is 24.5. The summed E-state index contributed by atoms with van der Waals surface area (Å²) in [5, 5.41) is 19.2. The van der Waals surface area contributed by atoms with Crippen molar-refractivity contribution in [3.8, 4) is 5.69 Å². The Morgan fingerprint density at radius 3 is 2.53 bits per heavy atom. The van der Waals surface area contributed by atoms with E-state index >= 15 is 0 Å². The maximum Gasteiger partial charge on any atom is 0.335 e. The molecule has 5 rings (SSSR count). The summed E-state index contributed by atoms with van der Waals surface area (Å²) in [7, 11) is 3.18. The number of carboxylic acid groups (broad SMARTS) is 1. The number of aromatic amines is 1. The lowest BCUT2D eigenvalue weighted by Crippen LogP contribution is -2.43. The maximum atomic E-state index is 13.9. The molecule has 0 saturated heterocycles. The first-order valence-corrected chi connectivity index (χ1v) is 12.3. The zero-order chi connectivity index (χ0) is 25.7. The van der Waals surface area contributed by atoms with Gasteiger partial charge in [-0.1, -0.05) is 13.8 Å². The van der Waals surface area contributed by atoms with Crippen LogP contribution < -0.4 is 0 Å². The van der Waals surface area contributed by atoms with Gasteiger partial charge in [-0.3, -0.25) is 5.10 Å². The number of fused-ring (bicyclic) bond motifs is 2. The highest BCUT2D eigenvalue weighted by molar-refractivity contribution is 5.99. The molecule has 0 unspecified atom stereocenters. The van der Waals surface area contributed by atoms with E-state index in [1.165, 1.54) is 24.8 Å². The summed E-state index contributed by atoms with van der Waals surface area (Å²) in [4.78, 5) is 12.0. The number of nitrogens with one attached hydrogen (secondary N) is 1. The Labute approximate surface area is 209 Å². The van der Waals surface area contributed by atoms with Crippen molar-refractivity contribution in [3.63, 3.8) is 0 Å². The fraction of sp³-hybridized carbons (Fsp3) is 0.429. The first-order valence-electron chi connectivity index (χ1n) is 12.3. The monoisotopic (exact) mass is 493 g/mol. The minimum atomic E-state index is -1.15. The molecule has 7 nitrogen and oxygen atoms in total. The number of aromatic nitrogens is 3. The third-order valence-corrected chi connectivity index (χ3v) is 7.78. The van der Waals surface area contributed by atoms with Gasteiger partial charge in [-0.25, -0.2) is 9.18 Å². The van der Waals surface area contributed by atoms with Crippen molar-refractivity contribution in [1.82, 2.24) is 14.8 Å². The van der Waals surface area contributed by atoms with Crippen molar-refractivity contribution >= 4 is 27.8 Å². The molecule has 0 amide bonds. The van der Waals surface area contributed by atoms with Crippen LogP contribution in [0.2, 0.25) is 0 Å². The van der Waals surface area contributed by atoms with E-state index in [1.807, 2.05) is 0 Å². The zero-order valence-corrected chi connectivity index (χ0v) is 21.1. The Bertz CT molecular complexity index is 1410. The molecule has 1 aliphatic rings. The molecule has 2 heterocycles. The van der Waals surface area contributed by atoms with Crippen LogP contribution in [0.15, 0.2) is 42.6 Å². The molecule has 2 N–H and O–H groups in total. The average molecular weight is 494 g/mol. The van der Waals surface area contributed by atoms with E-state index in [0.717, 1.165) is 33.2 Å². The molecule has 4 aromatic rings. The Morgan fingerprint density at radius 2 is 1.92 bits per heavy atom. The summed E-state index contributed by atoms with van der Waals surface area (Å²) in [6.45, 7) is 4.79. The zero-order valence-electron chi connectivity index (χ0n) is 21.1. The predicted octanol–water partition coefficient (Wildman–Crippen LogP) is 5.70. The topological polar surface area (TPSA) is 89.4 Å². The molecule has 1 fully saturated rings. The molecule has 36 heavy (non-hydrogen) atoms. The molecule has 0 radical (unpaired) electrons. The van der Waals surface area contributed by atoms with Crippen LogP contribution >= 0.6 is 0 Å². The van der Waals surface area contributed by atoms with E-state index < -0.39 is 11.6 Å². The number of hydrogen-bond donors (Lipinski definition) is 2. The number of hydrogen-bond acceptors (Lipinski definition) is 4. The first-order chi connectivity index (χ1) is 17.2. The molecule has 0 aliphatic heterocycles. The summed E-state index contributed by atoms with van der Waals surface area (Å²) >= 11 is 0. The molecule has 1 aliphatic carbocycles. The van der Waals surface area contributed by atoms with Crippen LogP contribution in [0.25, 0.3) is 27.5 Å². The third kappa shape index (κ3) is 3.89. The number of carbonyl (C=O) groups is 1. The van der Waals surface area contributed by atoms with Gasteiger partial charge in [-0.05, 0) is 73.6 Å². The second-order valence-corrected chi connectivity index (χ2v) is 10.5. The van der Waals surface area contributed by atoms with Crippen molar-refractivity contribution in [1.29, 1.82) is 0 Å². The van der Waals surface area contributed by atoms with E-state index in [2.05, 4.69) is 40.7 Å². The Morgan fingerprint density at radius 1 is 1.22 bits per heavy atom. The molecule has 2 aromatic carbocycles. The van der Waals surface area contributed by atoms with Gasteiger partial charge in [0.15, 0.2) is 5.60 Å². The highest BCUT2D eigenvalue weighted by atomic mass is 19.1. The summed E-state index contributed by atoms with van der Waals surface area (Å²) in [6.07, 6.45) is 4.03. The Hall–Kier alpha value is -3.23. The number of carboxylic acids is 1. The van der Waals surface area contributed by atoms with E-state index in [1.54, 1.807) is 25.4 Å². The van der Waals surface area contributed by atoms with Crippen molar-refractivity contribution in [2.45, 2.75) is 56.5 Å². The summed E-state index contributed by atoms with van der Waals surface area (Å²) in [5.41, 5.74) is 3.55. The third-order valence-electron chi connectivity index (χ3n) is 7.78. The van der Waals surface area contributed by atoms with E-state index in [0.29, 0.717) is 32.3 Å². The number of ether oxygens (including phenoxy) is 2. The fourth-order valence-corrected chi connectivity index (χ4v) is 5.99. The molecule has 0 spiro atoms. The molecule has 190 valence electrons. The van der Waals surface area contributed by atoms with Gasteiger partial charge >= 0.3 is 5.97 Å². The van der Waals surface area contributed by atoms with Crippen LogP contribution in [0.4, 0.5) is 4.39 Å². The van der Waals surface area contributed by atoms with Gasteiger partial charge in [0.25, 0.3) is 0 Å². The van der Waals surface area contributed by atoms with Crippen LogP contribution in [0, 0.1) is 5.82 Å². The number of nitrogens with zero attached hydrogens (tertiary/aromatic N) is 2. The smallest absolute Gasteiger partial charge is 0.335 e. The second-order valence-electron chi connectivity index (χ2n) is 10.5. The van der Waals surface area contributed by atoms with Crippen molar-refractivity contribution in [3.05, 3.63) is 59.7 Å². The van der Waals surface area contributed by atoms with Gasteiger partial charge in [0.2, 0.25) is 0 Å². The number of H-pyrrole nitrogens is 1. The number of aliphatic carboxylic acids is 1. The number of halogens is 1. The molecule has 8 heteroatoms. The molecule has 2 aromatic heterocycles. The lowest BCUT2D eigenvalue weighted by molar-refractivity contribution is -0.166. The van der Waals surface area contributed by atoms with E-state index in [-0.39, 0.29) is 17.2 Å². The Kier molecular flexibility index (Phi) is 6.12. The molecule has 0 atom stereocenters. The van der Waals surface area contributed by atoms with Crippen LogP contribution in [-0.2, 0) is 19.7 Å². The van der Waals surface area contributed by atoms with Crippen LogP contribution in [0.1, 0.15) is 56.7 Å². The summed E-state index contributed by atoms with van der Waals surface area (Å²) in [5.74, 6) is -1.07. The molecule has 0 bridgehead atoms. The average Bonchev–Trinajstić information content (AvgIpc) is 3.45. The van der Waals surface area contributed by atoms with Crippen molar-refractivity contribution in [2.75, 3.05) is 20.8 Å². The summed E-state index contributed by atoms with van der Waals surface area (Å²) in [6, 6.07) is 10.8. The fourth-order valence-electron chi connectivity index (χ4n) is 5.99. The molecule has 1 saturated carbocycles. The number of rotatable bonds is 7. The normalized spacial score (nSPS) is 20.9. The predicted molar refractivity (Wildman–Crippen MR) is 136 cm³/mol. The number of methoxy groups -OCH3 is 2. The highest BCUT2D eigenvalue weighted by Crippen LogP contribution is 2.48. The maximum absolute atomic E-state index is 13.9. The van der Waals surface area contributed by atoms with Gasteiger partial charge in [0.1, 0.15) is 5.82 Å². The van der Waals surface area contributed by atoms with Crippen LogP contribution in [-0.4, -0.2) is 52.3 Å². The lowest BCUT2D eigenvalue weighted by atomic mass is 9.73. The Balaban J connectivity index is 1.79. The van der Waals surface area contributed by atoms with Crippen LogP contribution in [0.5, 0.6) is 0 Å². The molecular formula is C28H32FN3O4. The van der Waals surface area contributed by atoms with Gasteiger partial charge < -0.3 is 19.1 Å². The van der Waals surface area contributed by atoms with Gasteiger partial charge in [0.05, 0.1) is 23.8 Å². The van der Waals surface area contributed by atoms with Crippen LogP contribution in [0.3, 0.4) is 0 Å². The minimum Gasteiger partial charge on any atom is -0.479 e. The highest BCUT2D eigenvalue weighted by Gasteiger charge is 2.44. The SMILES string of the molecule is COCC(C)(C)c1c(C2CCC(OC)(C(=O)O)CC2)c2cc3[nH]ncc3cc2n1-c1ccc(F)cc1. The van der Waals surface area contributed by atoms with Crippen molar-refractivity contribution in [2.24, 2.45) is 0 Å². The lowest BCUT2D eigenvalue weighted by Gasteiger charge is -2.37. The van der Waals surface area contributed by atoms with Crippen molar-refractivity contribution < 1.29 is 23.8 Å². The summed E-state index contributed by atoms with van der Waals surface area (Å²) < 4.78 is 27.3. The van der Waals surface area contributed by atoms with Gasteiger partial charge in [-0.2, -0.15) is 5.10 Å². The number of benzene rings is 2. The quantitative estimate of drug-likeness (QED) is 0.345. The largest absolute Gasteiger partial charge is 0.479 e. The van der Waals surface area contributed by atoms with E-state index in [4.69, 9.17) is 9.47 Å². The van der Waals surface area contributed by atoms with Gasteiger partial charge in [0, 0.05) is 41.8 Å². The van der Waals surface area contributed by atoms with Gasteiger partial charge in [-0.15, -0.1) is 0 Å². The van der Waals surface area contributed by atoms with E-state index in [9.17, 15) is 14.3 Å².